The molecule has 4 heteroatoms. The van der Waals surface area contributed by atoms with Gasteiger partial charge in [0.2, 0.25) is 0 Å². The second-order valence-electron chi connectivity index (χ2n) is 5.52. The highest BCUT2D eigenvalue weighted by Crippen LogP contribution is 2.24. The normalized spacial score (nSPS) is 18.3. The Kier molecular flexibility index (Phi) is 3.57. The Bertz CT molecular complexity index is 438. The number of amides is 1. The first-order valence-electron chi connectivity index (χ1n) is 6.24. The lowest BCUT2D eigenvalue weighted by Crippen LogP contribution is -2.36. The molecule has 2 rings (SSSR count). The summed E-state index contributed by atoms with van der Waals surface area (Å²) >= 11 is 0. The van der Waals surface area contributed by atoms with E-state index in [-0.39, 0.29) is 12.1 Å². The molecule has 4 nitrogen and oxygen atoms in total. The predicted molar refractivity (Wildman–Crippen MR) is 70.3 cm³/mol. The van der Waals surface area contributed by atoms with E-state index in [4.69, 9.17) is 4.74 Å². The third-order valence-electron chi connectivity index (χ3n) is 2.82. The maximum absolute atomic E-state index is 11.6. The van der Waals surface area contributed by atoms with Gasteiger partial charge in [-0.2, -0.15) is 0 Å². The van der Waals surface area contributed by atoms with Crippen LogP contribution in [-0.4, -0.2) is 18.2 Å². The van der Waals surface area contributed by atoms with Crippen LogP contribution >= 0.6 is 0 Å². The molecule has 1 unspecified atom stereocenters. The van der Waals surface area contributed by atoms with Gasteiger partial charge < -0.3 is 15.4 Å². The molecule has 1 amide bonds. The second kappa shape index (κ2) is 4.98. The third-order valence-corrected chi connectivity index (χ3v) is 2.82. The van der Waals surface area contributed by atoms with Crippen LogP contribution in [0.1, 0.15) is 37.9 Å². The monoisotopic (exact) mass is 248 g/mol. The zero-order valence-corrected chi connectivity index (χ0v) is 11.1. The fourth-order valence-electron chi connectivity index (χ4n) is 2.06. The Labute approximate surface area is 108 Å². The van der Waals surface area contributed by atoms with E-state index in [1.54, 1.807) is 0 Å². The minimum absolute atomic E-state index is 0.175. The molecule has 18 heavy (non-hydrogen) atoms. The Morgan fingerprint density at radius 1 is 1.44 bits per heavy atom. The van der Waals surface area contributed by atoms with Crippen molar-refractivity contribution in [2.45, 2.75) is 39.0 Å². The van der Waals surface area contributed by atoms with Crippen LogP contribution in [0.25, 0.3) is 0 Å². The fraction of sp³-hybridized carbons (Fsp3) is 0.500. The molecule has 2 N–H and O–H groups in total. The Morgan fingerprint density at radius 3 is 2.89 bits per heavy atom. The summed E-state index contributed by atoms with van der Waals surface area (Å²) in [6, 6.07) is 8.43. The Balaban J connectivity index is 1.87. The van der Waals surface area contributed by atoms with Crippen LogP contribution in [-0.2, 0) is 11.3 Å². The fourth-order valence-corrected chi connectivity index (χ4v) is 2.06. The van der Waals surface area contributed by atoms with Gasteiger partial charge in [-0.05, 0) is 31.9 Å². The molecule has 0 saturated carbocycles. The highest BCUT2D eigenvalue weighted by molar-refractivity contribution is 5.67. The summed E-state index contributed by atoms with van der Waals surface area (Å²) in [5.41, 5.74) is 2.10. The summed E-state index contributed by atoms with van der Waals surface area (Å²) in [6.45, 7) is 6.98. The number of carbonyl (C=O) groups is 1. The van der Waals surface area contributed by atoms with Crippen molar-refractivity contribution in [3.63, 3.8) is 0 Å². The van der Waals surface area contributed by atoms with Gasteiger partial charge in [-0.3, -0.25) is 0 Å². The molecule has 0 bridgehead atoms. The molecule has 0 radical (unpaired) electrons. The van der Waals surface area contributed by atoms with Crippen molar-refractivity contribution in [1.29, 1.82) is 0 Å². The number of benzene rings is 1. The van der Waals surface area contributed by atoms with E-state index < -0.39 is 5.60 Å². The van der Waals surface area contributed by atoms with E-state index in [9.17, 15) is 4.79 Å². The van der Waals surface area contributed by atoms with Crippen molar-refractivity contribution in [3.05, 3.63) is 35.4 Å². The summed E-state index contributed by atoms with van der Waals surface area (Å²) in [5.74, 6) is 0. The number of rotatable bonds is 2. The number of hydrogen-bond acceptors (Lipinski definition) is 3. The molecule has 1 aliphatic heterocycles. The van der Waals surface area contributed by atoms with Crippen molar-refractivity contribution in [2.75, 3.05) is 6.54 Å². The smallest absolute Gasteiger partial charge is 0.407 e. The minimum atomic E-state index is -0.453. The molecule has 0 aromatic heterocycles. The van der Waals surface area contributed by atoms with Gasteiger partial charge in [-0.25, -0.2) is 4.79 Å². The number of carbonyl (C=O) groups excluding carboxylic acids is 1. The van der Waals surface area contributed by atoms with Gasteiger partial charge in [0.25, 0.3) is 0 Å². The summed E-state index contributed by atoms with van der Waals surface area (Å²) in [4.78, 5) is 11.6. The molecular weight excluding hydrogens is 228 g/mol. The molecule has 98 valence electrons. The van der Waals surface area contributed by atoms with Crippen LogP contribution < -0.4 is 10.6 Å². The highest BCUT2D eigenvalue weighted by atomic mass is 16.6. The highest BCUT2D eigenvalue weighted by Gasteiger charge is 2.22. The van der Waals surface area contributed by atoms with E-state index in [0.717, 1.165) is 6.54 Å². The van der Waals surface area contributed by atoms with Gasteiger partial charge in [0.1, 0.15) is 5.60 Å². The molecule has 1 heterocycles. The summed E-state index contributed by atoms with van der Waals surface area (Å²) in [6.07, 6.45) is -0.367. The molecular formula is C14H20N2O2. The van der Waals surface area contributed by atoms with Crippen LogP contribution in [0.15, 0.2) is 24.3 Å². The average molecular weight is 248 g/mol. The third kappa shape index (κ3) is 3.23. The van der Waals surface area contributed by atoms with E-state index in [0.29, 0.717) is 6.54 Å². The van der Waals surface area contributed by atoms with E-state index in [1.807, 2.05) is 32.9 Å². The maximum Gasteiger partial charge on any atom is 0.407 e. The Hall–Kier alpha value is -1.55. The van der Waals surface area contributed by atoms with Crippen molar-refractivity contribution >= 4 is 6.09 Å². The standard InChI is InChI=1S/C14H20N2O2/c1-14(2,3)18-13(17)16-9-12-11-7-5-4-6-10(11)8-15-12/h4-7,12,15H,8-9H2,1-3H3,(H,16,17). The molecule has 1 aliphatic rings. The summed E-state index contributed by atoms with van der Waals surface area (Å²) in [5, 5.41) is 6.17. The van der Waals surface area contributed by atoms with E-state index in [1.165, 1.54) is 11.1 Å². The number of hydrogen-bond donors (Lipinski definition) is 2. The van der Waals surface area contributed by atoms with Crippen molar-refractivity contribution in [2.24, 2.45) is 0 Å². The zero-order chi connectivity index (χ0) is 13.2. The van der Waals surface area contributed by atoms with Gasteiger partial charge in [0.05, 0.1) is 6.04 Å². The van der Waals surface area contributed by atoms with Gasteiger partial charge in [-0.1, -0.05) is 24.3 Å². The number of ether oxygens (including phenoxy) is 1. The molecule has 0 saturated heterocycles. The molecule has 1 aromatic rings. The lowest BCUT2D eigenvalue weighted by atomic mass is 10.1. The summed E-state index contributed by atoms with van der Waals surface area (Å²) < 4.78 is 5.21. The van der Waals surface area contributed by atoms with Gasteiger partial charge in [0, 0.05) is 13.1 Å². The zero-order valence-electron chi connectivity index (χ0n) is 11.1. The lowest BCUT2D eigenvalue weighted by molar-refractivity contribution is 0.0523. The SMILES string of the molecule is CC(C)(C)OC(=O)NCC1NCc2ccccc21. The quantitative estimate of drug-likeness (QED) is 0.844. The Morgan fingerprint density at radius 2 is 2.17 bits per heavy atom. The van der Waals surface area contributed by atoms with Crippen LogP contribution in [0.3, 0.4) is 0 Å². The first kappa shape index (κ1) is 12.9. The van der Waals surface area contributed by atoms with Gasteiger partial charge >= 0.3 is 6.09 Å². The number of nitrogens with one attached hydrogen (secondary N) is 2. The van der Waals surface area contributed by atoms with Gasteiger partial charge in [-0.15, -0.1) is 0 Å². The predicted octanol–water partition coefficient (Wildman–Crippen LogP) is 2.36. The van der Waals surface area contributed by atoms with Crippen LogP contribution in [0.5, 0.6) is 0 Å². The maximum atomic E-state index is 11.6. The van der Waals surface area contributed by atoms with E-state index in [2.05, 4.69) is 22.8 Å². The molecule has 1 atom stereocenters. The largest absolute Gasteiger partial charge is 0.444 e. The van der Waals surface area contributed by atoms with Crippen molar-refractivity contribution in [3.8, 4) is 0 Å². The molecule has 0 aliphatic carbocycles. The summed E-state index contributed by atoms with van der Waals surface area (Å²) in [7, 11) is 0. The van der Waals surface area contributed by atoms with Crippen molar-refractivity contribution < 1.29 is 9.53 Å². The number of alkyl carbamates (subject to hydrolysis) is 1. The molecule has 0 fully saturated rings. The minimum Gasteiger partial charge on any atom is -0.444 e. The number of fused-ring (bicyclic) bond motifs is 1. The van der Waals surface area contributed by atoms with Gasteiger partial charge in [0.15, 0.2) is 0 Å². The first-order chi connectivity index (χ1) is 8.46. The van der Waals surface area contributed by atoms with Crippen LogP contribution in [0.2, 0.25) is 0 Å². The molecule has 0 spiro atoms. The lowest BCUT2D eigenvalue weighted by Gasteiger charge is -2.21. The average Bonchev–Trinajstić information content (AvgIpc) is 2.67. The van der Waals surface area contributed by atoms with E-state index >= 15 is 0 Å². The molecule has 1 aromatic carbocycles. The van der Waals surface area contributed by atoms with Crippen LogP contribution in [0, 0.1) is 0 Å². The second-order valence-corrected chi connectivity index (χ2v) is 5.52. The van der Waals surface area contributed by atoms with Crippen molar-refractivity contribution in [1.82, 2.24) is 10.6 Å². The van der Waals surface area contributed by atoms with Crippen LogP contribution in [0.4, 0.5) is 4.79 Å². The topological polar surface area (TPSA) is 50.4 Å². The first-order valence-corrected chi connectivity index (χ1v) is 6.24.